The molecule has 3 heterocycles. The van der Waals surface area contributed by atoms with Crippen LogP contribution in [0.15, 0.2) is 35.1 Å². The first-order chi connectivity index (χ1) is 11.1. The molecule has 0 bridgehead atoms. The number of aromatic nitrogens is 2. The lowest BCUT2D eigenvalue weighted by atomic mass is 9.92. The second kappa shape index (κ2) is 6.37. The van der Waals surface area contributed by atoms with Gasteiger partial charge >= 0.3 is 0 Å². The van der Waals surface area contributed by atoms with E-state index in [1.807, 2.05) is 23.1 Å². The molecule has 1 aliphatic heterocycles. The van der Waals surface area contributed by atoms with Crippen molar-refractivity contribution in [2.24, 2.45) is 0 Å². The summed E-state index contributed by atoms with van der Waals surface area (Å²) in [6, 6.07) is 5.70. The summed E-state index contributed by atoms with van der Waals surface area (Å²) in [6.07, 6.45) is 4.52. The van der Waals surface area contributed by atoms with E-state index in [4.69, 9.17) is 4.42 Å². The quantitative estimate of drug-likeness (QED) is 0.879. The van der Waals surface area contributed by atoms with E-state index in [1.54, 1.807) is 13.1 Å². The molecule has 1 fully saturated rings. The highest BCUT2D eigenvalue weighted by Gasteiger charge is 2.34. The number of aliphatic hydroxyl groups is 1. The lowest BCUT2D eigenvalue weighted by molar-refractivity contribution is 0.0254. The molecule has 0 radical (unpaired) electrons. The van der Waals surface area contributed by atoms with Crippen molar-refractivity contribution < 1.29 is 14.3 Å². The molecule has 1 atom stereocenters. The summed E-state index contributed by atoms with van der Waals surface area (Å²) in [4.78, 5) is 22.4. The number of carbonyl (C=O) groups is 1. The van der Waals surface area contributed by atoms with Crippen molar-refractivity contribution >= 4 is 11.7 Å². The predicted octanol–water partition coefficient (Wildman–Crippen LogP) is 1.14. The van der Waals surface area contributed by atoms with Gasteiger partial charge in [-0.25, -0.2) is 9.97 Å². The maximum absolute atomic E-state index is 12.0. The van der Waals surface area contributed by atoms with Gasteiger partial charge in [0.15, 0.2) is 11.6 Å². The summed E-state index contributed by atoms with van der Waals surface area (Å²) >= 11 is 0. The van der Waals surface area contributed by atoms with E-state index in [-0.39, 0.29) is 18.1 Å². The number of hydrogen-bond donors (Lipinski definition) is 2. The van der Waals surface area contributed by atoms with Crippen molar-refractivity contribution in [3.8, 4) is 0 Å². The van der Waals surface area contributed by atoms with Gasteiger partial charge in [-0.2, -0.15) is 0 Å². The number of nitrogens with zero attached hydrogens (tertiary/aromatic N) is 3. The Morgan fingerprint density at radius 1 is 1.52 bits per heavy atom. The molecule has 122 valence electrons. The smallest absolute Gasteiger partial charge is 0.273 e. The van der Waals surface area contributed by atoms with Crippen molar-refractivity contribution in [2.45, 2.75) is 25.4 Å². The number of amides is 1. The molecule has 2 N–H and O–H groups in total. The Bertz CT molecular complexity index is 673. The van der Waals surface area contributed by atoms with E-state index in [2.05, 4.69) is 15.3 Å². The SMILES string of the molecule is Cc1nc(C(=O)NC[C@]2(O)CCCN(c3ccccn3)C2)co1. The highest BCUT2D eigenvalue weighted by atomic mass is 16.3. The van der Waals surface area contributed by atoms with Crippen molar-refractivity contribution in [2.75, 3.05) is 24.5 Å². The van der Waals surface area contributed by atoms with Crippen LogP contribution in [0, 0.1) is 6.92 Å². The summed E-state index contributed by atoms with van der Waals surface area (Å²) in [7, 11) is 0. The minimum absolute atomic E-state index is 0.168. The highest BCUT2D eigenvalue weighted by Crippen LogP contribution is 2.24. The van der Waals surface area contributed by atoms with Gasteiger partial charge in [0, 0.05) is 32.8 Å². The van der Waals surface area contributed by atoms with Crippen molar-refractivity contribution in [3.05, 3.63) is 42.2 Å². The molecule has 1 saturated heterocycles. The van der Waals surface area contributed by atoms with E-state index in [0.717, 1.165) is 18.8 Å². The number of β-amino-alcohol motifs (C(OH)–C–C–N with tert-alkyl or cyclic N) is 1. The Balaban J connectivity index is 1.61. The van der Waals surface area contributed by atoms with Gasteiger partial charge < -0.3 is 19.7 Å². The third kappa shape index (κ3) is 3.68. The summed E-state index contributed by atoms with van der Waals surface area (Å²) in [6.45, 7) is 3.12. The number of pyridine rings is 1. The molecule has 0 spiro atoms. The summed E-state index contributed by atoms with van der Waals surface area (Å²) in [5, 5.41) is 13.5. The number of anilines is 1. The van der Waals surface area contributed by atoms with Crippen molar-refractivity contribution in [1.82, 2.24) is 15.3 Å². The largest absolute Gasteiger partial charge is 0.448 e. The number of aryl methyl sites for hydroxylation is 1. The van der Waals surface area contributed by atoms with Crippen molar-refractivity contribution in [3.63, 3.8) is 0 Å². The van der Waals surface area contributed by atoms with Crippen LogP contribution in [0.4, 0.5) is 5.82 Å². The van der Waals surface area contributed by atoms with Gasteiger partial charge in [0.2, 0.25) is 0 Å². The van der Waals surface area contributed by atoms with E-state index in [1.165, 1.54) is 6.26 Å². The van der Waals surface area contributed by atoms with Crippen LogP contribution in [0.5, 0.6) is 0 Å². The first kappa shape index (κ1) is 15.5. The average Bonchev–Trinajstić information content (AvgIpc) is 3.00. The second-order valence-electron chi connectivity index (χ2n) is 5.87. The third-order valence-corrected chi connectivity index (χ3v) is 3.96. The monoisotopic (exact) mass is 316 g/mol. The number of hydrogen-bond acceptors (Lipinski definition) is 6. The zero-order chi connectivity index (χ0) is 16.3. The molecule has 1 amide bonds. The van der Waals surface area contributed by atoms with E-state index >= 15 is 0 Å². The Morgan fingerprint density at radius 3 is 3.09 bits per heavy atom. The molecular formula is C16H20N4O3. The first-order valence-electron chi connectivity index (χ1n) is 7.64. The lowest BCUT2D eigenvalue weighted by Gasteiger charge is -2.39. The van der Waals surface area contributed by atoms with Crippen LogP contribution in [-0.4, -0.2) is 46.2 Å². The number of piperidine rings is 1. The molecule has 7 nitrogen and oxygen atoms in total. The number of nitrogens with one attached hydrogen (secondary N) is 1. The molecule has 3 rings (SSSR count). The number of carbonyl (C=O) groups excluding carboxylic acids is 1. The molecule has 2 aromatic heterocycles. The highest BCUT2D eigenvalue weighted by molar-refractivity contribution is 5.91. The average molecular weight is 316 g/mol. The molecular weight excluding hydrogens is 296 g/mol. The van der Waals surface area contributed by atoms with E-state index in [0.29, 0.717) is 18.9 Å². The van der Waals surface area contributed by atoms with Crippen LogP contribution in [0.3, 0.4) is 0 Å². The summed E-state index contributed by atoms with van der Waals surface area (Å²) in [5.74, 6) is 0.933. The van der Waals surface area contributed by atoms with Gasteiger partial charge in [-0.15, -0.1) is 0 Å². The Morgan fingerprint density at radius 2 is 2.39 bits per heavy atom. The molecule has 0 unspecified atom stereocenters. The maximum atomic E-state index is 12.0. The molecule has 7 heteroatoms. The Kier molecular flexibility index (Phi) is 4.29. The fourth-order valence-electron chi connectivity index (χ4n) is 2.80. The summed E-state index contributed by atoms with van der Waals surface area (Å²) in [5.41, 5.74) is -0.756. The number of oxazole rings is 1. The van der Waals surface area contributed by atoms with Crippen LogP contribution in [-0.2, 0) is 0 Å². The third-order valence-electron chi connectivity index (χ3n) is 3.96. The van der Waals surface area contributed by atoms with Gasteiger partial charge in [-0.1, -0.05) is 6.07 Å². The fraction of sp³-hybridized carbons (Fsp3) is 0.438. The molecule has 0 aliphatic carbocycles. The number of rotatable bonds is 4. The van der Waals surface area contributed by atoms with Gasteiger partial charge in [-0.3, -0.25) is 4.79 Å². The van der Waals surface area contributed by atoms with Crippen LogP contribution in [0.2, 0.25) is 0 Å². The Hall–Kier alpha value is -2.41. The van der Waals surface area contributed by atoms with Crippen LogP contribution >= 0.6 is 0 Å². The van der Waals surface area contributed by atoms with E-state index in [9.17, 15) is 9.90 Å². The zero-order valence-electron chi connectivity index (χ0n) is 13.0. The topological polar surface area (TPSA) is 91.5 Å². The van der Waals surface area contributed by atoms with E-state index < -0.39 is 5.60 Å². The first-order valence-corrected chi connectivity index (χ1v) is 7.64. The van der Waals surface area contributed by atoms with Gasteiger partial charge in [0.25, 0.3) is 5.91 Å². The predicted molar refractivity (Wildman–Crippen MR) is 84.2 cm³/mol. The fourth-order valence-corrected chi connectivity index (χ4v) is 2.80. The van der Waals surface area contributed by atoms with Crippen LogP contribution in [0.25, 0.3) is 0 Å². The Labute approximate surface area is 134 Å². The van der Waals surface area contributed by atoms with Crippen LogP contribution < -0.4 is 10.2 Å². The molecule has 1 aliphatic rings. The minimum atomic E-state index is -0.982. The standard InChI is InChI=1S/C16H20N4O3/c1-12-19-13(9-23-12)15(21)18-10-16(22)6-4-8-20(11-16)14-5-2-3-7-17-14/h2-3,5,7,9,22H,4,6,8,10-11H2,1H3,(H,18,21)/t16-/m1/s1. The summed E-state index contributed by atoms with van der Waals surface area (Å²) < 4.78 is 5.03. The molecule has 2 aromatic rings. The molecule has 0 saturated carbocycles. The molecule has 0 aromatic carbocycles. The normalized spacial score (nSPS) is 21.2. The maximum Gasteiger partial charge on any atom is 0.273 e. The minimum Gasteiger partial charge on any atom is -0.448 e. The second-order valence-corrected chi connectivity index (χ2v) is 5.87. The lowest BCUT2D eigenvalue weighted by Crippen LogP contribution is -2.54. The van der Waals surface area contributed by atoms with Crippen LogP contribution in [0.1, 0.15) is 29.2 Å². The molecule has 23 heavy (non-hydrogen) atoms. The van der Waals surface area contributed by atoms with Crippen molar-refractivity contribution in [1.29, 1.82) is 0 Å². The van der Waals surface area contributed by atoms with Gasteiger partial charge in [-0.05, 0) is 25.0 Å². The zero-order valence-corrected chi connectivity index (χ0v) is 13.0. The van der Waals surface area contributed by atoms with Gasteiger partial charge in [0.1, 0.15) is 12.1 Å². The van der Waals surface area contributed by atoms with Gasteiger partial charge in [0.05, 0.1) is 5.60 Å².